The molecule has 0 radical (unpaired) electrons. The fourth-order valence-electron chi connectivity index (χ4n) is 2.05. The van der Waals surface area contributed by atoms with Gasteiger partial charge in [-0.15, -0.1) is 0 Å². The largest absolute Gasteiger partial charge is 0.380 e. The number of anilines is 1. The minimum absolute atomic E-state index is 0.327. The normalized spacial score (nSPS) is 10.7. The van der Waals surface area contributed by atoms with Gasteiger partial charge in [-0.05, 0) is 18.2 Å². The van der Waals surface area contributed by atoms with Gasteiger partial charge < -0.3 is 10.3 Å². The van der Waals surface area contributed by atoms with Crippen molar-refractivity contribution in [3.63, 3.8) is 0 Å². The molecule has 1 heterocycles. The van der Waals surface area contributed by atoms with Gasteiger partial charge in [0.15, 0.2) is 11.6 Å². The second kappa shape index (κ2) is 5.31. The van der Waals surface area contributed by atoms with Gasteiger partial charge in [0.1, 0.15) is 0 Å². The fourth-order valence-corrected chi connectivity index (χ4v) is 2.68. The van der Waals surface area contributed by atoms with Gasteiger partial charge in [0.2, 0.25) is 0 Å². The summed E-state index contributed by atoms with van der Waals surface area (Å²) in [6.45, 7) is 0. The summed E-state index contributed by atoms with van der Waals surface area (Å²) in [5.41, 5.74) is 8.35. The number of rotatable bonds is 2. The number of halogens is 2. The first-order chi connectivity index (χ1) is 9.66. The molecule has 0 saturated carbocycles. The molecule has 0 bridgehead atoms. The van der Waals surface area contributed by atoms with Crippen LogP contribution in [0.15, 0.2) is 57.5 Å². The van der Waals surface area contributed by atoms with E-state index in [2.05, 4.69) is 21.1 Å². The Morgan fingerprint density at radius 2 is 1.90 bits per heavy atom. The molecule has 0 fully saturated rings. The van der Waals surface area contributed by atoms with Crippen molar-refractivity contribution in [1.29, 1.82) is 0 Å². The molecule has 0 amide bonds. The Balaban J connectivity index is 2.23. The lowest BCUT2D eigenvalue weighted by molar-refractivity contribution is 0.436. The maximum atomic E-state index is 6.24. The van der Waals surface area contributed by atoms with Gasteiger partial charge in [-0.1, -0.05) is 63.0 Å². The summed E-state index contributed by atoms with van der Waals surface area (Å²) in [6.07, 6.45) is 0. The van der Waals surface area contributed by atoms with Crippen LogP contribution in [-0.4, -0.2) is 5.16 Å². The molecule has 0 aliphatic heterocycles. The minimum Gasteiger partial charge on any atom is -0.380 e. The van der Waals surface area contributed by atoms with E-state index in [1.165, 1.54) is 0 Å². The number of nitrogens with zero attached hydrogens (tertiary/aromatic N) is 1. The lowest BCUT2D eigenvalue weighted by atomic mass is 10.0. The average molecular weight is 350 g/mol. The third-order valence-corrected chi connectivity index (χ3v) is 3.77. The Morgan fingerprint density at radius 3 is 2.65 bits per heavy atom. The van der Waals surface area contributed by atoms with Crippen molar-refractivity contribution in [2.45, 2.75) is 0 Å². The smallest absolute Gasteiger partial charge is 0.177 e. The van der Waals surface area contributed by atoms with E-state index in [1.807, 2.05) is 48.5 Å². The van der Waals surface area contributed by atoms with Gasteiger partial charge in [0.25, 0.3) is 0 Å². The van der Waals surface area contributed by atoms with Crippen LogP contribution in [0.4, 0.5) is 5.82 Å². The summed E-state index contributed by atoms with van der Waals surface area (Å²) in [5.74, 6) is 0.935. The van der Waals surface area contributed by atoms with E-state index < -0.39 is 0 Å². The second-order valence-electron chi connectivity index (χ2n) is 4.26. The van der Waals surface area contributed by atoms with Crippen molar-refractivity contribution in [3.8, 4) is 22.5 Å². The Bertz CT molecular complexity index is 770. The van der Waals surface area contributed by atoms with Crippen LogP contribution in [0.2, 0.25) is 5.02 Å². The predicted octanol–water partition coefficient (Wildman–Crippen LogP) is 5.01. The van der Waals surface area contributed by atoms with E-state index in [4.69, 9.17) is 21.9 Å². The van der Waals surface area contributed by atoms with Crippen molar-refractivity contribution in [3.05, 3.63) is 58.0 Å². The second-order valence-corrected chi connectivity index (χ2v) is 5.59. The molecule has 0 saturated heterocycles. The molecular formula is C15H10BrClN2O. The van der Waals surface area contributed by atoms with Crippen LogP contribution in [0.1, 0.15) is 0 Å². The summed E-state index contributed by atoms with van der Waals surface area (Å²) >= 11 is 9.69. The van der Waals surface area contributed by atoms with Crippen molar-refractivity contribution in [2.24, 2.45) is 0 Å². The maximum Gasteiger partial charge on any atom is 0.177 e. The van der Waals surface area contributed by atoms with Gasteiger partial charge in [-0.3, -0.25) is 0 Å². The Morgan fingerprint density at radius 1 is 1.10 bits per heavy atom. The van der Waals surface area contributed by atoms with Crippen LogP contribution in [0, 0.1) is 0 Å². The summed E-state index contributed by atoms with van der Waals surface area (Å²) in [7, 11) is 0. The van der Waals surface area contributed by atoms with Crippen LogP contribution in [-0.2, 0) is 0 Å². The highest BCUT2D eigenvalue weighted by Crippen LogP contribution is 2.40. The first-order valence-corrected chi connectivity index (χ1v) is 7.10. The molecule has 0 aliphatic rings. The van der Waals surface area contributed by atoms with E-state index >= 15 is 0 Å². The predicted molar refractivity (Wildman–Crippen MR) is 84.5 cm³/mol. The first kappa shape index (κ1) is 13.2. The third-order valence-electron chi connectivity index (χ3n) is 2.95. The lowest BCUT2D eigenvalue weighted by Crippen LogP contribution is -1.89. The number of nitrogens with two attached hydrogens (primary N) is 1. The summed E-state index contributed by atoms with van der Waals surface area (Å²) < 4.78 is 6.35. The van der Waals surface area contributed by atoms with E-state index in [0.717, 1.165) is 15.6 Å². The first-order valence-electron chi connectivity index (χ1n) is 5.93. The van der Waals surface area contributed by atoms with Crippen LogP contribution in [0.3, 0.4) is 0 Å². The van der Waals surface area contributed by atoms with Gasteiger partial charge in [0, 0.05) is 20.6 Å². The molecule has 2 aromatic carbocycles. The monoisotopic (exact) mass is 348 g/mol. The highest BCUT2D eigenvalue weighted by molar-refractivity contribution is 9.10. The summed E-state index contributed by atoms with van der Waals surface area (Å²) in [6, 6.07) is 15.2. The quantitative estimate of drug-likeness (QED) is 0.708. The average Bonchev–Trinajstić information content (AvgIpc) is 2.81. The molecule has 0 spiro atoms. The number of aromatic nitrogens is 1. The van der Waals surface area contributed by atoms with Crippen LogP contribution < -0.4 is 5.73 Å². The number of hydrogen-bond acceptors (Lipinski definition) is 3. The topological polar surface area (TPSA) is 52.0 Å². The molecule has 20 heavy (non-hydrogen) atoms. The van der Waals surface area contributed by atoms with Crippen molar-refractivity contribution in [2.75, 3.05) is 5.73 Å². The van der Waals surface area contributed by atoms with Crippen LogP contribution >= 0.6 is 27.5 Å². The molecule has 0 aliphatic carbocycles. The van der Waals surface area contributed by atoms with E-state index in [1.54, 1.807) is 0 Å². The summed E-state index contributed by atoms with van der Waals surface area (Å²) in [5, 5.41) is 4.48. The molecule has 5 heteroatoms. The third kappa shape index (κ3) is 2.32. The Labute approximate surface area is 129 Å². The molecular weight excluding hydrogens is 340 g/mol. The zero-order chi connectivity index (χ0) is 14.1. The SMILES string of the molecule is Nc1noc(-c2cccc(Br)c2)c1-c1ccccc1Cl. The maximum absolute atomic E-state index is 6.24. The van der Waals surface area contributed by atoms with Crippen LogP contribution in [0.5, 0.6) is 0 Å². The fraction of sp³-hybridized carbons (Fsp3) is 0. The standard InChI is InChI=1S/C15H10BrClN2O/c16-10-5-3-4-9(8-10)14-13(15(18)19-20-14)11-6-1-2-7-12(11)17/h1-8H,(H2,18,19). The van der Waals surface area contributed by atoms with Crippen molar-refractivity contribution in [1.82, 2.24) is 5.16 Å². The van der Waals surface area contributed by atoms with Crippen molar-refractivity contribution >= 4 is 33.3 Å². The molecule has 1 aromatic heterocycles. The van der Waals surface area contributed by atoms with Gasteiger partial charge in [-0.25, -0.2) is 0 Å². The van der Waals surface area contributed by atoms with Gasteiger partial charge >= 0.3 is 0 Å². The van der Waals surface area contributed by atoms with Gasteiger partial charge in [0.05, 0.1) is 5.56 Å². The van der Waals surface area contributed by atoms with Gasteiger partial charge in [-0.2, -0.15) is 0 Å². The van der Waals surface area contributed by atoms with Crippen molar-refractivity contribution < 1.29 is 4.52 Å². The highest BCUT2D eigenvalue weighted by Gasteiger charge is 2.19. The van der Waals surface area contributed by atoms with E-state index in [0.29, 0.717) is 22.2 Å². The number of benzene rings is 2. The summed E-state index contributed by atoms with van der Waals surface area (Å²) in [4.78, 5) is 0. The molecule has 3 nitrogen and oxygen atoms in total. The molecule has 3 aromatic rings. The number of nitrogen functional groups attached to an aromatic ring is 1. The van der Waals surface area contributed by atoms with E-state index in [-0.39, 0.29) is 0 Å². The molecule has 100 valence electrons. The van der Waals surface area contributed by atoms with E-state index in [9.17, 15) is 0 Å². The zero-order valence-electron chi connectivity index (χ0n) is 10.3. The Hall–Kier alpha value is -1.78. The van der Waals surface area contributed by atoms with Crippen LogP contribution in [0.25, 0.3) is 22.5 Å². The molecule has 0 atom stereocenters. The number of hydrogen-bond donors (Lipinski definition) is 1. The lowest BCUT2D eigenvalue weighted by Gasteiger charge is -2.05. The minimum atomic E-state index is 0.327. The highest BCUT2D eigenvalue weighted by atomic mass is 79.9. The Kier molecular flexibility index (Phi) is 3.51. The molecule has 3 rings (SSSR count). The molecule has 0 unspecified atom stereocenters. The molecule has 2 N–H and O–H groups in total. The zero-order valence-corrected chi connectivity index (χ0v) is 12.6.